The largest absolute Gasteiger partial charge is 0.463 e. The van der Waals surface area contributed by atoms with Crippen molar-refractivity contribution in [1.82, 2.24) is 19.9 Å². The molecule has 33 heavy (non-hydrogen) atoms. The molecule has 0 radical (unpaired) electrons. The number of aromatic nitrogens is 4. The molecule has 2 aromatic heterocycles. The molecule has 1 saturated heterocycles. The van der Waals surface area contributed by atoms with Gasteiger partial charge in [-0.2, -0.15) is 20.1 Å². The van der Waals surface area contributed by atoms with Gasteiger partial charge in [-0.15, -0.1) is 0 Å². The van der Waals surface area contributed by atoms with Crippen molar-refractivity contribution in [3.63, 3.8) is 0 Å². The minimum Gasteiger partial charge on any atom is -0.463 e. The van der Waals surface area contributed by atoms with Crippen molar-refractivity contribution in [2.24, 2.45) is 5.10 Å². The number of ether oxygens (including phenoxy) is 2. The molecule has 1 fully saturated rings. The molecule has 9 nitrogen and oxygen atoms in total. The highest BCUT2D eigenvalue weighted by Crippen LogP contribution is 2.18. The van der Waals surface area contributed by atoms with E-state index in [2.05, 4.69) is 47.5 Å². The second-order valence-corrected chi connectivity index (χ2v) is 7.58. The number of aromatic amines is 1. The van der Waals surface area contributed by atoms with Gasteiger partial charge >= 0.3 is 6.01 Å². The Hall–Kier alpha value is -3.98. The van der Waals surface area contributed by atoms with Crippen molar-refractivity contribution in [2.45, 2.75) is 6.42 Å². The molecule has 1 aliphatic rings. The molecule has 1 aliphatic heterocycles. The summed E-state index contributed by atoms with van der Waals surface area (Å²) in [5, 5.41) is 5.44. The fourth-order valence-corrected chi connectivity index (χ4v) is 3.63. The zero-order chi connectivity index (χ0) is 22.3. The summed E-state index contributed by atoms with van der Waals surface area (Å²) >= 11 is 0. The van der Waals surface area contributed by atoms with Gasteiger partial charge in [0.15, 0.2) is 0 Å². The van der Waals surface area contributed by atoms with Crippen LogP contribution in [0.5, 0.6) is 6.01 Å². The quantitative estimate of drug-likeness (QED) is 0.318. The molecular formula is C24H25N7O2. The summed E-state index contributed by atoms with van der Waals surface area (Å²) in [7, 11) is 0. The molecular weight excluding hydrogens is 418 g/mol. The van der Waals surface area contributed by atoms with Gasteiger partial charge in [-0.1, -0.05) is 48.5 Å². The zero-order valence-electron chi connectivity index (χ0n) is 18.1. The summed E-state index contributed by atoms with van der Waals surface area (Å²) in [6.07, 6.45) is 4.42. The third kappa shape index (κ3) is 5.27. The standard InChI is InChI=1S/C24H25N7O2/c1-2-6-18(7-3-1)10-13-33-24-28-22(27-23(29-24)31-11-14-32-15-12-31)30-26-17-19-16-25-21-9-5-4-8-20(19)21/h1-9,16-17,25H,10-15H2,(H,27,28,29,30). The Bertz CT molecular complexity index is 1220. The number of nitrogens with one attached hydrogen (secondary N) is 2. The van der Waals surface area contributed by atoms with Gasteiger partial charge in [-0.3, -0.25) is 0 Å². The van der Waals surface area contributed by atoms with Gasteiger partial charge in [0.1, 0.15) is 0 Å². The molecule has 0 bridgehead atoms. The molecule has 0 atom stereocenters. The van der Waals surface area contributed by atoms with E-state index in [9.17, 15) is 0 Å². The summed E-state index contributed by atoms with van der Waals surface area (Å²) in [5.74, 6) is 0.880. The van der Waals surface area contributed by atoms with Gasteiger partial charge in [0.05, 0.1) is 26.0 Å². The lowest BCUT2D eigenvalue weighted by atomic mass is 10.2. The highest BCUT2D eigenvalue weighted by atomic mass is 16.5. The van der Waals surface area contributed by atoms with Gasteiger partial charge in [0.2, 0.25) is 5.95 Å². The number of hydrogen-bond acceptors (Lipinski definition) is 8. The van der Waals surface area contributed by atoms with Crippen molar-refractivity contribution < 1.29 is 9.47 Å². The minimum absolute atomic E-state index is 0.271. The zero-order valence-corrected chi connectivity index (χ0v) is 18.1. The van der Waals surface area contributed by atoms with Crippen molar-refractivity contribution in [1.29, 1.82) is 0 Å². The number of H-pyrrole nitrogens is 1. The second kappa shape index (κ2) is 10.1. The molecule has 9 heteroatoms. The summed E-state index contributed by atoms with van der Waals surface area (Å²) in [6, 6.07) is 18.5. The number of hydrazone groups is 1. The predicted octanol–water partition coefficient (Wildman–Crippen LogP) is 3.26. The fraction of sp³-hybridized carbons (Fsp3) is 0.250. The van der Waals surface area contributed by atoms with Crippen LogP contribution in [0.15, 0.2) is 65.9 Å². The first kappa shape index (κ1) is 20.9. The van der Waals surface area contributed by atoms with Crippen LogP contribution in [-0.4, -0.2) is 59.1 Å². The Morgan fingerprint density at radius 1 is 1.03 bits per heavy atom. The van der Waals surface area contributed by atoms with Crippen LogP contribution < -0.4 is 15.1 Å². The maximum atomic E-state index is 5.87. The lowest BCUT2D eigenvalue weighted by Crippen LogP contribution is -2.37. The van der Waals surface area contributed by atoms with E-state index in [1.165, 1.54) is 5.56 Å². The molecule has 168 valence electrons. The number of nitrogens with zero attached hydrogens (tertiary/aromatic N) is 5. The van der Waals surface area contributed by atoms with Crippen LogP contribution in [0.2, 0.25) is 0 Å². The number of hydrogen-bond donors (Lipinski definition) is 2. The van der Waals surface area contributed by atoms with Crippen molar-refractivity contribution in [3.05, 3.63) is 71.9 Å². The smallest absolute Gasteiger partial charge is 0.323 e. The maximum Gasteiger partial charge on any atom is 0.323 e. The van der Waals surface area contributed by atoms with E-state index in [1.807, 2.05) is 48.7 Å². The second-order valence-electron chi connectivity index (χ2n) is 7.58. The maximum absolute atomic E-state index is 5.87. The summed E-state index contributed by atoms with van der Waals surface area (Å²) < 4.78 is 11.3. The molecule has 4 aromatic rings. The molecule has 0 saturated carbocycles. The highest BCUT2D eigenvalue weighted by molar-refractivity contribution is 5.99. The van der Waals surface area contributed by atoms with Gasteiger partial charge in [0.25, 0.3) is 5.95 Å². The number of fused-ring (bicyclic) bond motifs is 1. The van der Waals surface area contributed by atoms with Crippen molar-refractivity contribution in [3.8, 4) is 6.01 Å². The Morgan fingerprint density at radius 3 is 2.73 bits per heavy atom. The van der Waals surface area contributed by atoms with Gasteiger partial charge < -0.3 is 19.4 Å². The topological polar surface area (TPSA) is 101 Å². The van der Waals surface area contributed by atoms with Gasteiger partial charge in [-0.05, 0) is 11.6 Å². The normalized spacial score (nSPS) is 14.1. The number of para-hydroxylation sites is 1. The average Bonchev–Trinajstić information content (AvgIpc) is 3.28. The first-order chi connectivity index (χ1) is 16.3. The highest BCUT2D eigenvalue weighted by Gasteiger charge is 2.17. The Morgan fingerprint density at radius 2 is 1.85 bits per heavy atom. The molecule has 0 unspecified atom stereocenters. The van der Waals surface area contributed by atoms with E-state index >= 15 is 0 Å². The number of morpholine rings is 1. The molecule has 0 aliphatic carbocycles. The third-order valence-electron chi connectivity index (χ3n) is 5.35. The van der Waals surface area contributed by atoms with Crippen LogP contribution in [0, 0.1) is 0 Å². The average molecular weight is 444 g/mol. The Labute approximate surface area is 191 Å². The first-order valence-corrected chi connectivity index (χ1v) is 11.0. The SMILES string of the molecule is C(=NNc1nc(OCCc2ccccc2)nc(N2CCOCC2)n1)c1c[nH]c2ccccc12. The molecule has 0 amide bonds. The van der Waals surface area contributed by atoms with Crippen LogP contribution in [0.1, 0.15) is 11.1 Å². The van der Waals surface area contributed by atoms with E-state index in [0.717, 1.165) is 22.9 Å². The molecule has 3 heterocycles. The molecule has 0 spiro atoms. The lowest BCUT2D eigenvalue weighted by molar-refractivity contribution is 0.122. The van der Waals surface area contributed by atoms with Crippen LogP contribution in [-0.2, 0) is 11.2 Å². The summed E-state index contributed by atoms with van der Waals surface area (Å²) in [4.78, 5) is 18.8. The van der Waals surface area contributed by atoms with Crippen LogP contribution in [0.25, 0.3) is 10.9 Å². The van der Waals surface area contributed by atoms with E-state index in [0.29, 0.717) is 44.8 Å². The number of benzene rings is 2. The van der Waals surface area contributed by atoms with E-state index in [1.54, 1.807) is 6.21 Å². The molecule has 2 aromatic carbocycles. The summed E-state index contributed by atoms with van der Waals surface area (Å²) in [5.41, 5.74) is 6.16. The number of rotatable bonds is 8. The minimum atomic E-state index is 0.271. The fourth-order valence-electron chi connectivity index (χ4n) is 3.63. The van der Waals surface area contributed by atoms with E-state index in [4.69, 9.17) is 9.47 Å². The van der Waals surface area contributed by atoms with Crippen LogP contribution >= 0.6 is 0 Å². The van der Waals surface area contributed by atoms with Crippen molar-refractivity contribution >= 4 is 29.0 Å². The monoisotopic (exact) mass is 443 g/mol. The Kier molecular flexibility index (Phi) is 6.39. The molecule has 2 N–H and O–H groups in total. The predicted molar refractivity (Wildman–Crippen MR) is 128 cm³/mol. The van der Waals surface area contributed by atoms with Crippen LogP contribution in [0.3, 0.4) is 0 Å². The Balaban J connectivity index is 1.31. The van der Waals surface area contributed by atoms with Crippen molar-refractivity contribution in [2.75, 3.05) is 43.2 Å². The molecule has 5 rings (SSSR count). The summed E-state index contributed by atoms with van der Waals surface area (Å²) in [6.45, 7) is 3.17. The number of anilines is 2. The van der Waals surface area contributed by atoms with Gasteiger partial charge in [-0.25, -0.2) is 5.43 Å². The van der Waals surface area contributed by atoms with E-state index in [-0.39, 0.29) is 6.01 Å². The van der Waals surface area contributed by atoms with Crippen LogP contribution in [0.4, 0.5) is 11.9 Å². The van der Waals surface area contributed by atoms with E-state index < -0.39 is 0 Å². The lowest BCUT2D eigenvalue weighted by Gasteiger charge is -2.26. The van der Waals surface area contributed by atoms with Gasteiger partial charge in [0, 0.05) is 42.2 Å². The third-order valence-corrected chi connectivity index (χ3v) is 5.35. The first-order valence-electron chi connectivity index (χ1n) is 11.0.